The number of nitrogens with zero attached hydrogens (tertiary/aromatic N) is 2. The van der Waals surface area contributed by atoms with E-state index in [9.17, 15) is 17.2 Å². The molecule has 138 valence electrons. The van der Waals surface area contributed by atoms with Crippen LogP contribution in [0.3, 0.4) is 0 Å². The van der Waals surface area contributed by atoms with Gasteiger partial charge in [-0.15, -0.1) is 0 Å². The molecule has 1 N–H and O–H groups in total. The number of hydrogen-bond acceptors (Lipinski definition) is 3. The van der Waals surface area contributed by atoms with E-state index in [0.717, 1.165) is 0 Å². The molecule has 0 aliphatic carbocycles. The second-order valence-electron chi connectivity index (χ2n) is 5.52. The lowest BCUT2D eigenvalue weighted by Crippen LogP contribution is -2.29. The number of para-hydroxylation sites is 2. The molecule has 0 radical (unpaired) electrons. The summed E-state index contributed by atoms with van der Waals surface area (Å²) >= 11 is 9.20. The van der Waals surface area contributed by atoms with E-state index in [1.165, 1.54) is 31.2 Å². The number of nitrogens with one attached hydrogen (secondary N) is 1. The van der Waals surface area contributed by atoms with Gasteiger partial charge < -0.3 is 0 Å². The van der Waals surface area contributed by atoms with Gasteiger partial charge in [0, 0.05) is 4.47 Å². The second-order valence-corrected chi connectivity index (χ2v) is 8.53. The van der Waals surface area contributed by atoms with Crippen LogP contribution in [0.1, 0.15) is 25.3 Å². The van der Waals surface area contributed by atoms with E-state index in [-0.39, 0.29) is 21.3 Å². The lowest BCUT2D eigenvalue weighted by atomic mass is 10.3. The first-order valence-electron chi connectivity index (χ1n) is 7.43. The summed E-state index contributed by atoms with van der Waals surface area (Å²) < 4.78 is 56.0. The Labute approximate surface area is 162 Å². The van der Waals surface area contributed by atoms with Gasteiger partial charge in [-0.05, 0) is 37.3 Å². The highest BCUT2D eigenvalue weighted by molar-refractivity contribution is 9.10. The van der Waals surface area contributed by atoms with Crippen LogP contribution in [0, 0.1) is 0 Å². The predicted octanol–water partition coefficient (Wildman–Crippen LogP) is 4.89. The van der Waals surface area contributed by atoms with Crippen LogP contribution in [0.15, 0.2) is 51.8 Å². The van der Waals surface area contributed by atoms with Crippen molar-refractivity contribution in [2.45, 2.75) is 24.4 Å². The van der Waals surface area contributed by atoms with Gasteiger partial charge in [-0.1, -0.05) is 39.7 Å². The van der Waals surface area contributed by atoms with E-state index in [2.05, 4.69) is 25.6 Å². The van der Waals surface area contributed by atoms with Crippen molar-refractivity contribution in [3.05, 3.63) is 57.8 Å². The lowest BCUT2D eigenvalue weighted by molar-refractivity contribution is 0.0702. The summed E-state index contributed by atoms with van der Waals surface area (Å²) in [6.07, 6.45) is 0. The van der Waals surface area contributed by atoms with Crippen molar-refractivity contribution in [1.29, 1.82) is 0 Å². The number of imidazole rings is 1. The largest absolute Gasteiger partial charge is 0.320 e. The van der Waals surface area contributed by atoms with E-state index in [0.29, 0.717) is 14.6 Å². The van der Waals surface area contributed by atoms with Gasteiger partial charge in [0.05, 0.1) is 22.1 Å². The first-order valence-corrected chi connectivity index (χ1v) is 10.1. The Bertz CT molecular complexity index is 1070. The molecule has 0 saturated carbocycles. The highest BCUT2D eigenvalue weighted by atomic mass is 79.9. The molecule has 1 aromatic heterocycles. The van der Waals surface area contributed by atoms with E-state index < -0.39 is 22.6 Å². The third-order valence-electron chi connectivity index (χ3n) is 3.72. The highest BCUT2D eigenvalue weighted by Crippen LogP contribution is 2.29. The van der Waals surface area contributed by atoms with Gasteiger partial charge >= 0.3 is 6.55 Å². The number of fused-ring (bicyclic) bond motifs is 1. The molecule has 1 heterocycles. The van der Waals surface area contributed by atoms with Crippen LogP contribution >= 0.6 is 27.5 Å². The van der Waals surface area contributed by atoms with Crippen molar-refractivity contribution in [2.24, 2.45) is 0 Å². The molecule has 0 fully saturated rings. The number of hydrogen-bond donors (Lipinski definition) is 1. The predicted molar refractivity (Wildman–Crippen MR) is 98.9 cm³/mol. The highest BCUT2D eigenvalue weighted by Gasteiger charge is 2.27. The molecule has 3 rings (SSSR count). The van der Waals surface area contributed by atoms with Crippen molar-refractivity contribution >= 4 is 48.6 Å². The number of alkyl halides is 2. The minimum atomic E-state index is -4.04. The maximum Gasteiger partial charge on any atom is 0.320 e. The van der Waals surface area contributed by atoms with Crippen LogP contribution in [0.4, 0.5) is 8.78 Å². The van der Waals surface area contributed by atoms with Crippen LogP contribution in [0.5, 0.6) is 0 Å². The molecule has 2 aromatic carbocycles. The Morgan fingerprint density at radius 2 is 1.92 bits per heavy atom. The molecular weight excluding hydrogens is 452 g/mol. The second kappa shape index (κ2) is 7.22. The smallest absolute Gasteiger partial charge is 0.269 e. The fourth-order valence-electron chi connectivity index (χ4n) is 2.62. The van der Waals surface area contributed by atoms with Gasteiger partial charge in [-0.3, -0.25) is 4.57 Å². The lowest BCUT2D eigenvalue weighted by Gasteiger charge is -2.16. The number of sulfonamides is 1. The average Bonchev–Trinajstić information content (AvgIpc) is 2.93. The zero-order chi connectivity index (χ0) is 19.1. The molecule has 0 aliphatic heterocycles. The van der Waals surface area contributed by atoms with Gasteiger partial charge in [0.1, 0.15) is 10.7 Å². The average molecular weight is 465 g/mol. The SMILES string of the molecule is C[C@H](NS(=O)(=O)c1ccc(Br)cc1Cl)c1nc2ccccc2n1C(F)F. The normalized spacial score (nSPS) is 13.5. The molecule has 0 spiro atoms. The molecule has 0 amide bonds. The van der Waals surface area contributed by atoms with Crippen LogP contribution in [-0.2, 0) is 10.0 Å². The molecular formula is C16H13BrClF2N3O2S. The maximum absolute atomic E-state index is 13.5. The van der Waals surface area contributed by atoms with Gasteiger partial charge in [0.15, 0.2) is 0 Å². The molecule has 0 bridgehead atoms. The van der Waals surface area contributed by atoms with Crippen molar-refractivity contribution in [1.82, 2.24) is 14.3 Å². The zero-order valence-electron chi connectivity index (χ0n) is 13.3. The summed E-state index contributed by atoms with van der Waals surface area (Å²) in [6.45, 7) is -1.41. The topological polar surface area (TPSA) is 64.0 Å². The Balaban J connectivity index is 2.01. The third-order valence-corrected chi connectivity index (χ3v) is 6.24. The fourth-order valence-corrected chi connectivity index (χ4v) is 4.85. The Kier molecular flexibility index (Phi) is 5.34. The van der Waals surface area contributed by atoms with Crippen LogP contribution in [0.2, 0.25) is 5.02 Å². The maximum atomic E-state index is 13.5. The van der Waals surface area contributed by atoms with Crippen molar-refractivity contribution < 1.29 is 17.2 Å². The molecule has 1 atom stereocenters. The van der Waals surface area contributed by atoms with E-state index in [1.807, 2.05) is 0 Å². The number of aromatic nitrogens is 2. The summed E-state index contributed by atoms with van der Waals surface area (Å²) in [5.74, 6) is -0.0852. The molecule has 26 heavy (non-hydrogen) atoms. The van der Waals surface area contributed by atoms with Gasteiger partial charge in [-0.2, -0.15) is 8.78 Å². The Hall–Kier alpha value is -1.55. The standard InChI is InChI=1S/C16H13BrClF2N3O2S/c1-9(22-26(24,25)14-7-6-10(17)8-11(14)18)15-21-12-4-2-3-5-13(12)23(15)16(19)20/h2-9,16,22H,1H3/t9-/m0/s1. The van der Waals surface area contributed by atoms with E-state index in [1.54, 1.807) is 18.2 Å². The molecule has 0 saturated heterocycles. The molecule has 0 unspecified atom stereocenters. The van der Waals surface area contributed by atoms with Gasteiger partial charge in [-0.25, -0.2) is 18.1 Å². The Morgan fingerprint density at radius 1 is 1.23 bits per heavy atom. The van der Waals surface area contributed by atoms with Crippen molar-refractivity contribution in [3.8, 4) is 0 Å². The van der Waals surface area contributed by atoms with Crippen molar-refractivity contribution in [2.75, 3.05) is 0 Å². The molecule has 0 aliphatic rings. The summed E-state index contributed by atoms with van der Waals surface area (Å²) in [5.41, 5.74) is 0.584. The number of halogens is 4. The molecule has 10 heteroatoms. The summed E-state index contributed by atoms with van der Waals surface area (Å²) in [7, 11) is -4.04. The van der Waals surface area contributed by atoms with Crippen LogP contribution in [0.25, 0.3) is 11.0 Å². The van der Waals surface area contributed by atoms with Gasteiger partial charge in [0.2, 0.25) is 10.0 Å². The fraction of sp³-hybridized carbons (Fsp3) is 0.188. The summed E-state index contributed by atoms with van der Waals surface area (Å²) in [4.78, 5) is 4.02. The summed E-state index contributed by atoms with van der Waals surface area (Å²) in [5, 5.41) is 0.0152. The minimum absolute atomic E-state index is 0.0152. The van der Waals surface area contributed by atoms with E-state index in [4.69, 9.17) is 11.6 Å². The van der Waals surface area contributed by atoms with E-state index >= 15 is 0 Å². The number of benzene rings is 2. The molecule has 3 aromatic rings. The zero-order valence-corrected chi connectivity index (χ0v) is 16.5. The monoisotopic (exact) mass is 463 g/mol. The van der Waals surface area contributed by atoms with Crippen LogP contribution < -0.4 is 4.72 Å². The first kappa shape index (κ1) is 19.2. The third kappa shape index (κ3) is 3.62. The number of rotatable bonds is 5. The minimum Gasteiger partial charge on any atom is -0.269 e. The van der Waals surface area contributed by atoms with Crippen LogP contribution in [-0.4, -0.2) is 18.0 Å². The van der Waals surface area contributed by atoms with Gasteiger partial charge in [0.25, 0.3) is 0 Å². The van der Waals surface area contributed by atoms with Crippen molar-refractivity contribution in [3.63, 3.8) is 0 Å². The summed E-state index contributed by atoms with van der Waals surface area (Å²) in [6, 6.07) is 9.68. The quantitative estimate of drug-likeness (QED) is 0.585. The molecule has 5 nitrogen and oxygen atoms in total. The Morgan fingerprint density at radius 3 is 2.58 bits per heavy atom. The first-order chi connectivity index (χ1) is 12.2.